The molecule has 170 valence electrons. The smallest absolute Gasteiger partial charge is 0.0146 e. The van der Waals surface area contributed by atoms with Gasteiger partial charge in [-0.25, -0.2) is 0 Å². The first-order valence-corrected chi connectivity index (χ1v) is 12.4. The van der Waals surface area contributed by atoms with Crippen LogP contribution in [0.15, 0.2) is 72.8 Å². The SMILES string of the molecule is CCC(C)c1ccc(C(C)(C)c2ccc(C(C)(C)c3ccc(C(C)CC)cc3)cc2)cc1. The predicted molar refractivity (Wildman–Crippen MR) is 141 cm³/mol. The minimum atomic E-state index is -0.0193. The number of benzene rings is 3. The Morgan fingerprint density at radius 3 is 0.906 bits per heavy atom. The van der Waals surface area contributed by atoms with E-state index in [0.717, 1.165) is 0 Å². The average Bonchev–Trinajstić information content (AvgIpc) is 2.83. The van der Waals surface area contributed by atoms with E-state index in [0.29, 0.717) is 11.8 Å². The number of hydrogen-bond donors (Lipinski definition) is 0. The highest BCUT2D eigenvalue weighted by Crippen LogP contribution is 2.36. The number of hydrogen-bond acceptors (Lipinski definition) is 0. The molecule has 3 aromatic rings. The van der Waals surface area contributed by atoms with Crippen molar-refractivity contribution in [3.05, 3.63) is 106 Å². The molecule has 0 saturated heterocycles. The molecule has 3 aromatic carbocycles. The lowest BCUT2D eigenvalue weighted by Crippen LogP contribution is -2.21. The minimum Gasteiger partial charge on any atom is -0.0648 e. The molecule has 0 heterocycles. The molecule has 0 saturated carbocycles. The van der Waals surface area contributed by atoms with E-state index in [2.05, 4.69) is 128 Å². The van der Waals surface area contributed by atoms with E-state index in [1.807, 2.05) is 0 Å². The van der Waals surface area contributed by atoms with E-state index in [4.69, 9.17) is 0 Å². The Morgan fingerprint density at radius 1 is 0.469 bits per heavy atom. The molecule has 0 aromatic heterocycles. The van der Waals surface area contributed by atoms with Crippen LogP contribution in [0.4, 0.5) is 0 Å². The number of rotatable bonds is 8. The van der Waals surface area contributed by atoms with E-state index >= 15 is 0 Å². The van der Waals surface area contributed by atoms with Gasteiger partial charge in [0.25, 0.3) is 0 Å². The van der Waals surface area contributed by atoms with Gasteiger partial charge in [0.2, 0.25) is 0 Å². The summed E-state index contributed by atoms with van der Waals surface area (Å²) >= 11 is 0. The van der Waals surface area contributed by atoms with Crippen molar-refractivity contribution >= 4 is 0 Å². The van der Waals surface area contributed by atoms with Gasteiger partial charge in [0.15, 0.2) is 0 Å². The van der Waals surface area contributed by atoms with Gasteiger partial charge in [-0.1, -0.05) is 128 Å². The quantitative estimate of drug-likeness (QED) is 0.336. The fourth-order valence-corrected chi connectivity index (χ4v) is 4.56. The largest absolute Gasteiger partial charge is 0.0648 e. The van der Waals surface area contributed by atoms with Crippen LogP contribution in [0, 0.1) is 0 Å². The highest BCUT2D eigenvalue weighted by molar-refractivity contribution is 5.44. The normalized spacial score (nSPS) is 14.2. The maximum absolute atomic E-state index is 2.33. The Kier molecular flexibility index (Phi) is 7.33. The van der Waals surface area contributed by atoms with Crippen LogP contribution in [-0.4, -0.2) is 0 Å². The molecule has 0 spiro atoms. The summed E-state index contributed by atoms with van der Waals surface area (Å²) in [5.74, 6) is 1.24. The summed E-state index contributed by atoms with van der Waals surface area (Å²) in [4.78, 5) is 0. The van der Waals surface area contributed by atoms with Crippen molar-refractivity contribution in [3.63, 3.8) is 0 Å². The molecule has 0 radical (unpaired) electrons. The topological polar surface area (TPSA) is 0 Å². The van der Waals surface area contributed by atoms with Gasteiger partial charge in [-0.15, -0.1) is 0 Å². The first-order valence-electron chi connectivity index (χ1n) is 12.4. The van der Waals surface area contributed by atoms with Gasteiger partial charge in [0, 0.05) is 10.8 Å². The Morgan fingerprint density at radius 2 is 0.688 bits per heavy atom. The van der Waals surface area contributed by atoms with Crippen molar-refractivity contribution in [1.82, 2.24) is 0 Å². The van der Waals surface area contributed by atoms with Crippen molar-refractivity contribution in [1.29, 1.82) is 0 Å². The Bertz CT molecular complexity index is 901. The van der Waals surface area contributed by atoms with Crippen LogP contribution < -0.4 is 0 Å². The molecular weight excluding hydrogens is 384 g/mol. The van der Waals surface area contributed by atoms with Crippen molar-refractivity contribution in [2.75, 3.05) is 0 Å². The van der Waals surface area contributed by atoms with Crippen LogP contribution in [-0.2, 0) is 10.8 Å². The molecule has 0 aliphatic rings. The molecule has 0 bridgehead atoms. The molecule has 0 heteroatoms. The second-order valence-corrected chi connectivity index (χ2v) is 10.7. The van der Waals surface area contributed by atoms with Gasteiger partial charge < -0.3 is 0 Å². The maximum Gasteiger partial charge on any atom is 0.0146 e. The van der Waals surface area contributed by atoms with E-state index in [1.165, 1.54) is 46.2 Å². The fourth-order valence-electron chi connectivity index (χ4n) is 4.56. The zero-order chi connectivity index (χ0) is 23.5. The lowest BCUT2D eigenvalue weighted by Gasteiger charge is -2.30. The van der Waals surface area contributed by atoms with Crippen molar-refractivity contribution in [2.24, 2.45) is 0 Å². The molecule has 2 atom stereocenters. The molecular formula is C32H42. The third kappa shape index (κ3) is 4.85. The third-order valence-corrected chi connectivity index (χ3v) is 7.96. The summed E-state index contributed by atoms with van der Waals surface area (Å²) in [7, 11) is 0. The first-order chi connectivity index (χ1) is 15.1. The van der Waals surface area contributed by atoms with Crippen molar-refractivity contribution in [2.45, 2.75) is 90.9 Å². The highest BCUT2D eigenvalue weighted by atomic mass is 14.3. The fraction of sp³-hybridized carbons (Fsp3) is 0.438. The van der Waals surface area contributed by atoms with Gasteiger partial charge in [-0.05, 0) is 58.1 Å². The molecule has 3 rings (SSSR count). The van der Waals surface area contributed by atoms with E-state index in [1.54, 1.807) is 0 Å². The summed E-state index contributed by atoms with van der Waals surface area (Å²) < 4.78 is 0. The predicted octanol–water partition coefficient (Wildman–Crippen LogP) is 9.37. The molecule has 0 aliphatic heterocycles. The lowest BCUT2D eigenvalue weighted by molar-refractivity contribution is 0.625. The van der Waals surface area contributed by atoms with Crippen LogP contribution in [0.2, 0.25) is 0 Å². The zero-order valence-corrected chi connectivity index (χ0v) is 21.5. The highest BCUT2D eigenvalue weighted by Gasteiger charge is 2.26. The van der Waals surface area contributed by atoms with Gasteiger partial charge >= 0.3 is 0 Å². The second kappa shape index (κ2) is 9.65. The van der Waals surface area contributed by atoms with Crippen LogP contribution in [0.1, 0.15) is 113 Å². The summed E-state index contributed by atoms with van der Waals surface area (Å²) in [6.45, 7) is 18.4. The zero-order valence-electron chi connectivity index (χ0n) is 21.5. The van der Waals surface area contributed by atoms with Crippen LogP contribution in [0.25, 0.3) is 0 Å². The van der Waals surface area contributed by atoms with Gasteiger partial charge in [0.1, 0.15) is 0 Å². The van der Waals surface area contributed by atoms with Gasteiger partial charge in [0.05, 0.1) is 0 Å². The summed E-state index contributed by atoms with van der Waals surface area (Å²) in [6, 6.07) is 27.8. The molecule has 2 unspecified atom stereocenters. The maximum atomic E-state index is 2.33. The average molecular weight is 427 g/mol. The Labute approximate surface area is 197 Å². The third-order valence-electron chi connectivity index (χ3n) is 7.96. The summed E-state index contributed by atoms with van der Waals surface area (Å²) in [5.41, 5.74) is 8.30. The van der Waals surface area contributed by atoms with Gasteiger partial charge in [-0.2, -0.15) is 0 Å². The van der Waals surface area contributed by atoms with Crippen LogP contribution >= 0.6 is 0 Å². The minimum absolute atomic E-state index is 0.0193. The van der Waals surface area contributed by atoms with Crippen molar-refractivity contribution < 1.29 is 0 Å². The van der Waals surface area contributed by atoms with E-state index in [9.17, 15) is 0 Å². The molecule has 0 amide bonds. The standard InChI is InChI=1S/C32H42/c1-9-23(3)25-11-15-27(16-12-25)31(5,6)29-19-21-30(22-20-29)32(7,8)28-17-13-26(14-18-28)24(4)10-2/h11-24H,9-10H2,1-8H3. The van der Waals surface area contributed by atoms with E-state index in [-0.39, 0.29) is 10.8 Å². The molecule has 0 aliphatic carbocycles. The molecule has 0 nitrogen and oxygen atoms in total. The van der Waals surface area contributed by atoms with Gasteiger partial charge in [-0.3, -0.25) is 0 Å². The van der Waals surface area contributed by atoms with Crippen molar-refractivity contribution in [3.8, 4) is 0 Å². The molecule has 32 heavy (non-hydrogen) atoms. The second-order valence-electron chi connectivity index (χ2n) is 10.7. The summed E-state index contributed by atoms with van der Waals surface area (Å²) in [6.07, 6.45) is 2.36. The summed E-state index contributed by atoms with van der Waals surface area (Å²) in [5, 5.41) is 0. The first kappa shape index (κ1) is 24.3. The lowest BCUT2D eigenvalue weighted by atomic mass is 9.74. The Hall–Kier alpha value is -2.34. The van der Waals surface area contributed by atoms with Crippen LogP contribution in [0.5, 0.6) is 0 Å². The molecule has 0 fully saturated rings. The van der Waals surface area contributed by atoms with E-state index < -0.39 is 0 Å². The Balaban J connectivity index is 1.84. The monoisotopic (exact) mass is 426 g/mol. The molecule has 0 N–H and O–H groups in total. The van der Waals surface area contributed by atoms with Crippen LogP contribution in [0.3, 0.4) is 0 Å².